The van der Waals surface area contributed by atoms with Crippen LogP contribution >= 0.6 is 11.6 Å². The van der Waals surface area contributed by atoms with Crippen molar-refractivity contribution >= 4 is 23.2 Å². The first kappa shape index (κ1) is 13.2. The first-order valence-corrected chi connectivity index (χ1v) is 6.86. The number of carbonyl (C=O) groups is 1. The number of β-lactam (4-membered cyclic amide) rings is 1. The average molecular weight is 287 g/mol. The van der Waals surface area contributed by atoms with E-state index in [1.807, 2.05) is 55.5 Å². The average Bonchev–Trinajstić information content (AvgIpc) is 2.45. The number of aryl methyl sites for hydroxylation is 1. The molecule has 2 aromatic rings. The van der Waals surface area contributed by atoms with E-state index in [2.05, 4.69) is 0 Å². The van der Waals surface area contributed by atoms with Crippen LogP contribution in [0.25, 0.3) is 0 Å². The second-order valence-corrected chi connectivity index (χ2v) is 5.51. The topological polar surface area (TPSA) is 46.3 Å². The molecule has 1 saturated heterocycles. The number of nitrogens with two attached hydrogens (primary N) is 1. The van der Waals surface area contributed by atoms with E-state index in [1.165, 1.54) is 0 Å². The molecule has 1 amide bonds. The van der Waals surface area contributed by atoms with Crippen LogP contribution in [0.3, 0.4) is 0 Å². The lowest BCUT2D eigenvalue weighted by Gasteiger charge is -2.45. The Bertz CT molecular complexity index is 654. The summed E-state index contributed by atoms with van der Waals surface area (Å²) >= 11 is 6.02. The van der Waals surface area contributed by atoms with E-state index in [-0.39, 0.29) is 11.9 Å². The van der Waals surface area contributed by atoms with Gasteiger partial charge in [0, 0.05) is 10.7 Å². The molecule has 0 radical (unpaired) electrons. The van der Waals surface area contributed by atoms with Gasteiger partial charge in [-0.3, -0.25) is 4.79 Å². The number of benzene rings is 2. The number of amides is 1. The maximum absolute atomic E-state index is 12.1. The minimum atomic E-state index is -0.505. The third-order valence-corrected chi connectivity index (χ3v) is 3.88. The number of hydrogen-bond donors (Lipinski definition) is 1. The summed E-state index contributed by atoms with van der Waals surface area (Å²) in [5, 5.41) is 0.651. The van der Waals surface area contributed by atoms with Crippen molar-refractivity contribution in [3.63, 3.8) is 0 Å². The van der Waals surface area contributed by atoms with Crippen molar-refractivity contribution in [1.82, 2.24) is 0 Å². The Morgan fingerprint density at radius 1 is 1.15 bits per heavy atom. The minimum Gasteiger partial charge on any atom is -0.318 e. The van der Waals surface area contributed by atoms with Crippen molar-refractivity contribution in [3.05, 3.63) is 64.7 Å². The van der Waals surface area contributed by atoms with Gasteiger partial charge in [0.1, 0.15) is 6.04 Å². The molecular formula is C16H15ClN2O. The molecule has 20 heavy (non-hydrogen) atoms. The van der Waals surface area contributed by atoms with Gasteiger partial charge < -0.3 is 10.6 Å². The lowest BCUT2D eigenvalue weighted by molar-refractivity contribution is -0.126. The Labute approximate surface area is 123 Å². The van der Waals surface area contributed by atoms with Gasteiger partial charge in [-0.05, 0) is 36.8 Å². The molecule has 1 fully saturated rings. The van der Waals surface area contributed by atoms with Crippen LogP contribution in [0, 0.1) is 6.92 Å². The summed E-state index contributed by atoms with van der Waals surface area (Å²) in [5.41, 5.74) is 8.96. The number of rotatable bonds is 2. The highest BCUT2D eigenvalue weighted by Crippen LogP contribution is 2.38. The van der Waals surface area contributed by atoms with Gasteiger partial charge in [0.15, 0.2) is 0 Å². The van der Waals surface area contributed by atoms with E-state index < -0.39 is 6.04 Å². The Balaban J connectivity index is 1.97. The molecule has 102 valence electrons. The highest BCUT2D eigenvalue weighted by molar-refractivity contribution is 6.30. The van der Waals surface area contributed by atoms with Crippen molar-refractivity contribution < 1.29 is 4.79 Å². The van der Waals surface area contributed by atoms with E-state index in [4.69, 9.17) is 17.3 Å². The van der Waals surface area contributed by atoms with Gasteiger partial charge in [0.2, 0.25) is 5.91 Å². The van der Waals surface area contributed by atoms with Crippen LogP contribution in [0.5, 0.6) is 0 Å². The SMILES string of the molecule is Cc1ccc(N2C(=O)C(N)C2c2cccc(Cl)c2)cc1. The third kappa shape index (κ3) is 2.09. The van der Waals surface area contributed by atoms with E-state index >= 15 is 0 Å². The zero-order chi connectivity index (χ0) is 14.3. The van der Waals surface area contributed by atoms with Gasteiger partial charge in [0.05, 0.1) is 6.04 Å². The van der Waals surface area contributed by atoms with Crippen LogP contribution in [0.4, 0.5) is 5.69 Å². The van der Waals surface area contributed by atoms with E-state index in [9.17, 15) is 4.79 Å². The van der Waals surface area contributed by atoms with Gasteiger partial charge in [-0.1, -0.05) is 41.4 Å². The van der Waals surface area contributed by atoms with Crippen LogP contribution in [0.15, 0.2) is 48.5 Å². The number of anilines is 1. The van der Waals surface area contributed by atoms with Gasteiger partial charge in [-0.2, -0.15) is 0 Å². The Hall–Kier alpha value is -1.84. The summed E-state index contributed by atoms with van der Waals surface area (Å²) < 4.78 is 0. The monoisotopic (exact) mass is 286 g/mol. The van der Waals surface area contributed by atoms with Crippen molar-refractivity contribution in [2.24, 2.45) is 5.73 Å². The molecule has 0 aliphatic carbocycles. The third-order valence-electron chi connectivity index (χ3n) is 3.64. The lowest BCUT2D eigenvalue weighted by atomic mass is 9.88. The summed E-state index contributed by atoms with van der Waals surface area (Å²) in [7, 11) is 0. The molecule has 0 saturated carbocycles. The molecule has 3 rings (SSSR count). The van der Waals surface area contributed by atoms with E-state index in [1.54, 1.807) is 4.90 Å². The fourth-order valence-corrected chi connectivity index (χ4v) is 2.75. The normalized spacial score (nSPS) is 21.8. The molecule has 4 heteroatoms. The molecule has 2 atom stereocenters. The zero-order valence-electron chi connectivity index (χ0n) is 11.1. The minimum absolute atomic E-state index is 0.0566. The second kappa shape index (κ2) is 4.93. The predicted molar refractivity (Wildman–Crippen MR) is 80.8 cm³/mol. The Kier molecular flexibility index (Phi) is 3.24. The van der Waals surface area contributed by atoms with Crippen molar-refractivity contribution in [2.45, 2.75) is 19.0 Å². The molecule has 1 heterocycles. The molecule has 0 spiro atoms. The Morgan fingerprint density at radius 2 is 1.85 bits per heavy atom. The zero-order valence-corrected chi connectivity index (χ0v) is 11.8. The quantitative estimate of drug-likeness (QED) is 0.863. The first-order valence-electron chi connectivity index (χ1n) is 6.49. The first-order chi connectivity index (χ1) is 9.58. The standard InChI is InChI=1S/C16H15ClN2O/c1-10-5-7-13(8-6-10)19-15(14(18)16(19)20)11-3-2-4-12(17)9-11/h2-9,14-15H,18H2,1H3. The fraction of sp³-hybridized carbons (Fsp3) is 0.188. The second-order valence-electron chi connectivity index (χ2n) is 5.07. The van der Waals surface area contributed by atoms with Crippen LogP contribution in [-0.2, 0) is 4.79 Å². The van der Waals surface area contributed by atoms with Crippen LogP contribution in [0.1, 0.15) is 17.2 Å². The van der Waals surface area contributed by atoms with E-state index in [0.717, 1.165) is 16.8 Å². The van der Waals surface area contributed by atoms with Crippen LogP contribution < -0.4 is 10.6 Å². The highest BCUT2D eigenvalue weighted by atomic mass is 35.5. The lowest BCUT2D eigenvalue weighted by Crippen LogP contribution is -2.63. The smallest absolute Gasteiger partial charge is 0.247 e. The molecular weight excluding hydrogens is 272 g/mol. The van der Waals surface area contributed by atoms with Crippen LogP contribution in [0.2, 0.25) is 5.02 Å². The molecule has 1 aliphatic rings. The summed E-state index contributed by atoms with van der Waals surface area (Å²) in [6, 6.07) is 14.7. The summed E-state index contributed by atoms with van der Waals surface area (Å²) in [6.45, 7) is 2.02. The predicted octanol–water partition coefficient (Wildman–Crippen LogP) is 3.06. The number of carbonyl (C=O) groups excluding carboxylic acids is 1. The summed E-state index contributed by atoms with van der Waals surface area (Å²) in [4.78, 5) is 13.8. The molecule has 2 unspecified atom stereocenters. The fourth-order valence-electron chi connectivity index (χ4n) is 2.55. The van der Waals surface area contributed by atoms with E-state index in [0.29, 0.717) is 5.02 Å². The van der Waals surface area contributed by atoms with Crippen molar-refractivity contribution in [2.75, 3.05) is 4.90 Å². The van der Waals surface area contributed by atoms with Gasteiger partial charge >= 0.3 is 0 Å². The maximum atomic E-state index is 12.1. The molecule has 1 aliphatic heterocycles. The molecule has 3 nitrogen and oxygen atoms in total. The Morgan fingerprint density at radius 3 is 2.50 bits per heavy atom. The molecule has 2 N–H and O–H groups in total. The van der Waals surface area contributed by atoms with Gasteiger partial charge in [-0.25, -0.2) is 0 Å². The van der Waals surface area contributed by atoms with Gasteiger partial charge in [0.25, 0.3) is 0 Å². The van der Waals surface area contributed by atoms with Gasteiger partial charge in [-0.15, -0.1) is 0 Å². The summed E-state index contributed by atoms with van der Waals surface area (Å²) in [6.07, 6.45) is 0. The number of halogens is 1. The number of hydrogen-bond acceptors (Lipinski definition) is 2. The van der Waals surface area contributed by atoms with Crippen molar-refractivity contribution in [1.29, 1.82) is 0 Å². The number of nitrogens with zero attached hydrogens (tertiary/aromatic N) is 1. The molecule has 0 bridgehead atoms. The highest BCUT2D eigenvalue weighted by Gasteiger charge is 2.46. The van der Waals surface area contributed by atoms with Crippen LogP contribution in [-0.4, -0.2) is 11.9 Å². The largest absolute Gasteiger partial charge is 0.318 e. The molecule has 2 aromatic carbocycles. The summed E-state index contributed by atoms with van der Waals surface area (Å²) in [5.74, 6) is -0.0566. The molecule has 0 aromatic heterocycles. The maximum Gasteiger partial charge on any atom is 0.247 e. The van der Waals surface area contributed by atoms with Crippen molar-refractivity contribution in [3.8, 4) is 0 Å².